The summed E-state index contributed by atoms with van der Waals surface area (Å²) in [5, 5.41) is 8.84. The molecule has 6 heteroatoms. The molecule has 0 aliphatic heterocycles. The fraction of sp³-hybridized carbons (Fsp3) is 0.133. The van der Waals surface area contributed by atoms with E-state index in [1.807, 2.05) is 0 Å². The van der Waals surface area contributed by atoms with E-state index in [4.69, 9.17) is 5.11 Å². The Morgan fingerprint density at radius 1 is 1.10 bits per heavy atom. The van der Waals surface area contributed by atoms with Gasteiger partial charge in [-0.1, -0.05) is 18.2 Å². The Morgan fingerprint density at radius 3 is 2.24 bits per heavy atom. The standard InChI is InChI=1S/C15H12F3NO2/c1-19(11-5-3-2-4-6-11)13-8-7-10(14(20)21)9-12(13)15(16,17)18/h2-9H,1H3,(H,20,21). The summed E-state index contributed by atoms with van der Waals surface area (Å²) in [7, 11) is 1.50. The monoisotopic (exact) mass is 295 g/mol. The first kappa shape index (κ1) is 14.9. The van der Waals surface area contributed by atoms with Crippen LogP contribution in [0.4, 0.5) is 24.5 Å². The summed E-state index contributed by atoms with van der Waals surface area (Å²) >= 11 is 0. The van der Waals surface area contributed by atoms with Gasteiger partial charge in [0, 0.05) is 12.7 Å². The van der Waals surface area contributed by atoms with E-state index in [0.717, 1.165) is 6.07 Å². The van der Waals surface area contributed by atoms with Gasteiger partial charge in [0.2, 0.25) is 0 Å². The van der Waals surface area contributed by atoms with Crippen LogP contribution in [-0.4, -0.2) is 18.1 Å². The van der Waals surface area contributed by atoms with Gasteiger partial charge in [-0.2, -0.15) is 13.2 Å². The lowest BCUT2D eigenvalue weighted by Gasteiger charge is -2.24. The van der Waals surface area contributed by atoms with Gasteiger partial charge in [0.15, 0.2) is 0 Å². The van der Waals surface area contributed by atoms with Gasteiger partial charge >= 0.3 is 12.1 Å². The van der Waals surface area contributed by atoms with E-state index in [1.54, 1.807) is 30.3 Å². The number of halogens is 3. The molecule has 0 unspecified atom stereocenters. The third kappa shape index (κ3) is 3.16. The van der Waals surface area contributed by atoms with Crippen LogP contribution in [-0.2, 0) is 6.18 Å². The van der Waals surface area contributed by atoms with E-state index in [2.05, 4.69) is 0 Å². The first-order valence-corrected chi connectivity index (χ1v) is 6.04. The number of carbonyl (C=O) groups is 1. The molecule has 2 aromatic rings. The molecule has 110 valence electrons. The average Bonchev–Trinajstić information content (AvgIpc) is 2.46. The molecule has 2 aromatic carbocycles. The lowest BCUT2D eigenvalue weighted by Crippen LogP contribution is -2.17. The molecular weight excluding hydrogens is 283 g/mol. The summed E-state index contributed by atoms with van der Waals surface area (Å²) in [4.78, 5) is 12.2. The van der Waals surface area contributed by atoms with Gasteiger partial charge in [-0.25, -0.2) is 4.79 Å². The van der Waals surface area contributed by atoms with Crippen LogP contribution in [0.5, 0.6) is 0 Å². The second kappa shape index (κ2) is 5.47. The third-order valence-electron chi connectivity index (χ3n) is 3.05. The molecule has 0 saturated heterocycles. The number of anilines is 2. The summed E-state index contributed by atoms with van der Waals surface area (Å²) in [5.74, 6) is -1.39. The fourth-order valence-corrected chi connectivity index (χ4v) is 1.98. The van der Waals surface area contributed by atoms with E-state index < -0.39 is 23.3 Å². The van der Waals surface area contributed by atoms with E-state index in [1.165, 1.54) is 18.0 Å². The summed E-state index contributed by atoms with van der Waals surface area (Å²) < 4.78 is 39.4. The van der Waals surface area contributed by atoms with Gasteiger partial charge in [0.05, 0.1) is 16.8 Å². The van der Waals surface area contributed by atoms with Crippen molar-refractivity contribution >= 4 is 17.3 Å². The Labute approximate surface area is 119 Å². The van der Waals surface area contributed by atoms with Gasteiger partial charge in [0.25, 0.3) is 0 Å². The van der Waals surface area contributed by atoms with Crippen molar-refractivity contribution in [1.82, 2.24) is 0 Å². The van der Waals surface area contributed by atoms with Crippen molar-refractivity contribution in [2.75, 3.05) is 11.9 Å². The first-order chi connectivity index (χ1) is 9.80. The predicted molar refractivity (Wildman–Crippen MR) is 72.9 cm³/mol. The number of nitrogens with zero attached hydrogens (tertiary/aromatic N) is 1. The number of rotatable bonds is 3. The molecule has 0 bridgehead atoms. The molecule has 0 aliphatic rings. The number of carboxylic acids is 1. The van der Waals surface area contributed by atoms with Crippen LogP contribution in [0.1, 0.15) is 15.9 Å². The van der Waals surface area contributed by atoms with Gasteiger partial charge in [-0.15, -0.1) is 0 Å². The number of alkyl halides is 3. The minimum absolute atomic E-state index is 0.0984. The Balaban J connectivity index is 2.55. The van der Waals surface area contributed by atoms with Crippen molar-refractivity contribution in [3.05, 3.63) is 59.7 Å². The van der Waals surface area contributed by atoms with Crippen LogP contribution in [0.2, 0.25) is 0 Å². The molecule has 0 radical (unpaired) electrons. The summed E-state index contributed by atoms with van der Waals surface area (Å²) in [5.41, 5.74) is -0.897. The molecule has 0 fully saturated rings. The van der Waals surface area contributed by atoms with Gasteiger partial charge in [-0.3, -0.25) is 0 Å². The van der Waals surface area contributed by atoms with Crippen molar-refractivity contribution in [3.8, 4) is 0 Å². The molecule has 0 saturated carbocycles. The summed E-state index contributed by atoms with van der Waals surface area (Å²) in [6, 6.07) is 11.5. The van der Waals surface area contributed by atoms with Crippen molar-refractivity contribution < 1.29 is 23.1 Å². The minimum Gasteiger partial charge on any atom is -0.478 e. The Hall–Kier alpha value is -2.50. The molecule has 21 heavy (non-hydrogen) atoms. The largest absolute Gasteiger partial charge is 0.478 e. The molecule has 3 nitrogen and oxygen atoms in total. The number of aromatic carboxylic acids is 1. The van der Waals surface area contributed by atoms with E-state index >= 15 is 0 Å². The lowest BCUT2D eigenvalue weighted by atomic mass is 10.1. The van der Waals surface area contributed by atoms with Crippen molar-refractivity contribution in [3.63, 3.8) is 0 Å². The third-order valence-corrected chi connectivity index (χ3v) is 3.05. The highest BCUT2D eigenvalue weighted by atomic mass is 19.4. The highest BCUT2D eigenvalue weighted by Crippen LogP contribution is 2.39. The molecule has 0 aromatic heterocycles. The second-order valence-electron chi connectivity index (χ2n) is 4.43. The highest BCUT2D eigenvalue weighted by molar-refractivity contribution is 5.89. The van der Waals surface area contributed by atoms with E-state index in [-0.39, 0.29) is 5.69 Å². The molecular formula is C15H12F3NO2. The smallest absolute Gasteiger partial charge is 0.418 e. The van der Waals surface area contributed by atoms with E-state index in [9.17, 15) is 18.0 Å². The fourth-order valence-electron chi connectivity index (χ4n) is 1.98. The Morgan fingerprint density at radius 2 is 1.71 bits per heavy atom. The summed E-state index contributed by atoms with van der Waals surface area (Å²) in [6.45, 7) is 0. The van der Waals surface area contributed by atoms with Crippen LogP contribution in [0.25, 0.3) is 0 Å². The van der Waals surface area contributed by atoms with Crippen LogP contribution in [0.3, 0.4) is 0 Å². The SMILES string of the molecule is CN(c1ccccc1)c1ccc(C(=O)O)cc1C(F)(F)F. The van der Waals surface area contributed by atoms with Crippen LogP contribution < -0.4 is 4.90 Å². The Kier molecular flexibility index (Phi) is 3.88. The zero-order chi connectivity index (χ0) is 15.6. The zero-order valence-corrected chi connectivity index (χ0v) is 11.1. The van der Waals surface area contributed by atoms with Crippen LogP contribution >= 0.6 is 0 Å². The summed E-state index contributed by atoms with van der Waals surface area (Å²) in [6.07, 6.45) is -4.64. The maximum Gasteiger partial charge on any atom is 0.418 e. The molecule has 0 amide bonds. The molecule has 0 atom stereocenters. The van der Waals surface area contributed by atoms with Gasteiger partial charge < -0.3 is 10.0 Å². The molecule has 0 heterocycles. The number of benzene rings is 2. The number of para-hydroxylation sites is 1. The maximum absolute atomic E-state index is 13.1. The topological polar surface area (TPSA) is 40.5 Å². The van der Waals surface area contributed by atoms with Crippen LogP contribution in [0.15, 0.2) is 48.5 Å². The zero-order valence-electron chi connectivity index (χ0n) is 11.1. The minimum atomic E-state index is -4.64. The predicted octanol–water partition coefficient (Wildman–Crippen LogP) is 4.17. The normalized spacial score (nSPS) is 11.2. The molecule has 0 aliphatic carbocycles. The maximum atomic E-state index is 13.1. The number of hydrogen-bond donors (Lipinski definition) is 1. The Bertz CT molecular complexity index is 654. The van der Waals surface area contributed by atoms with Crippen molar-refractivity contribution in [1.29, 1.82) is 0 Å². The van der Waals surface area contributed by atoms with E-state index in [0.29, 0.717) is 11.8 Å². The quantitative estimate of drug-likeness (QED) is 0.923. The van der Waals surface area contributed by atoms with Gasteiger partial charge in [-0.05, 0) is 30.3 Å². The van der Waals surface area contributed by atoms with Gasteiger partial charge in [0.1, 0.15) is 0 Å². The second-order valence-corrected chi connectivity index (χ2v) is 4.43. The molecule has 0 spiro atoms. The average molecular weight is 295 g/mol. The molecule has 2 rings (SSSR count). The number of hydrogen-bond acceptors (Lipinski definition) is 2. The van der Waals surface area contributed by atoms with Crippen LogP contribution in [0, 0.1) is 0 Å². The lowest BCUT2D eigenvalue weighted by molar-refractivity contribution is -0.137. The van der Waals surface area contributed by atoms with Crippen molar-refractivity contribution in [2.24, 2.45) is 0 Å². The van der Waals surface area contributed by atoms with Crippen molar-refractivity contribution in [2.45, 2.75) is 6.18 Å². The first-order valence-electron chi connectivity index (χ1n) is 6.04. The highest BCUT2D eigenvalue weighted by Gasteiger charge is 2.35. The molecule has 1 N–H and O–H groups in total. The number of carboxylic acid groups (broad SMARTS) is 1.